The molecule has 0 spiro atoms. The number of Topliss-reactive ketones (excluding diaryl/α,β-unsaturated/α-hetero) is 1. The van der Waals surface area contributed by atoms with Crippen molar-refractivity contribution in [3.63, 3.8) is 0 Å². The number of nitrogens with one attached hydrogen (secondary N) is 1. The minimum absolute atomic E-state index is 0.160. The molecular formula is C15H14N4O2. The third-order valence-corrected chi connectivity index (χ3v) is 2.67. The molecule has 0 aliphatic rings. The monoisotopic (exact) mass is 282 g/mol. The topological polar surface area (TPSA) is 100 Å². The molecule has 4 N–H and O–H groups in total. The molecule has 0 saturated carbocycles. The number of ketones is 1. The predicted octanol–water partition coefficient (Wildman–Crippen LogP) is 2.08. The van der Waals surface area contributed by atoms with Crippen LogP contribution in [0.15, 0.2) is 70.9 Å². The Morgan fingerprint density at radius 3 is 2.14 bits per heavy atom. The van der Waals surface area contributed by atoms with Gasteiger partial charge in [0.1, 0.15) is 0 Å². The maximum Gasteiger partial charge on any atom is 0.217 e. The fourth-order valence-electron chi connectivity index (χ4n) is 1.63. The molecule has 2 aromatic rings. The highest BCUT2D eigenvalue weighted by molar-refractivity contribution is 6.69. The van der Waals surface area contributed by atoms with Gasteiger partial charge in [-0.15, -0.1) is 0 Å². The Kier molecular flexibility index (Phi) is 4.66. The van der Waals surface area contributed by atoms with Gasteiger partial charge < -0.3 is 10.9 Å². The summed E-state index contributed by atoms with van der Waals surface area (Å²) in [6, 6.07) is 17.5. The second-order valence-electron chi connectivity index (χ2n) is 4.12. The van der Waals surface area contributed by atoms with Gasteiger partial charge in [-0.1, -0.05) is 53.7 Å². The highest BCUT2D eigenvalue weighted by Crippen LogP contribution is 2.06. The normalized spacial score (nSPS) is 12.0. The largest absolute Gasteiger partial charge is 0.409 e. The molecule has 0 amide bonds. The smallest absolute Gasteiger partial charge is 0.217 e. The maximum absolute atomic E-state index is 12.3. The van der Waals surface area contributed by atoms with E-state index in [0.717, 1.165) is 0 Å². The van der Waals surface area contributed by atoms with Crippen molar-refractivity contribution in [1.29, 1.82) is 0 Å². The summed E-state index contributed by atoms with van der Waals surface area (Å²) < 4.78 is 0. The third kappa shape index (κ3) is 3.66. The number of benzene rings is 2. The van der Waals surface area contributed by atoms with Crippen LogP contribution in [0.5, 0.6) is 0 Å². The van der Waals surface area contributed by atoms with E-state index in [-0.39, 0.29) is 11.5 Å². The lowest BCUT2D eigenvalue weighted by atomic mass is 10.1. The van der Waals surface area contributed by atoms with Crippen LogP contribution in [0, 0.1) is 0 Å². The summed E-state index contributed by atoms with van der Waals surface area (Å²) in [5.74, 6) is -0.790. The van der Waals surface area contributed by atoms with Crippen molar-refractivity contribution in [3.8, 4) is 0 Å². The van der Waals surface area contributed by atoms with Crippen LogP contribution in [-0.2, 0) is 0 Å². The molecule has 0 atom stereocenters. The van der Waals surface area contributed by atoms with Crippen LogP contribution in [-0.4, -0.2) is 22.5 Å². The Morgan fingerprint density at radius 1 is 1.00 bits per heavy atom. The van der Waals surface area contributed by atoms with Gasteiger partial charge in [-0.05, 0) is 12.1 Å². The molecule has 106 valence electrons. The number of oxime groups is 1. The molecule has 0 fully saturated rings. The van der Waals surface area contributed by atoms with Crippen LogP contribution in [0.2, 0.25) is 0 Å². The van der Waals surface area contributed by atoms with Gasteiger partial charge in [0.05, 0.1) is 5.69 Å². The zero-order valence-corrected chi connectivity index (χ0v) is 11.1. The quantitative estimate of drug-likeness (QED) is 0.257. The van der Waals surface area contributed by atoms with Crippen LogP contribution in [0.25, 0.3) is 0 Å². The summed E-state index contributed by atoms with van der Waals surface area (Å²) >= 11 is 0. The number of hydrazone groups is 1. The van der Waals surface area contributed by atoms with Gasteiger partial charge >= 0.3 is 0 Å². The van der Waals surface area contributed by atoms with Gasteiger partial charge in [-0.25, -0.2) is 0 Å². The highest BCUT2D eigenvalue weighted by atomic mass is 16.4. The number of hydrogen-bond donors (Lipinski definition) is 3. The summed E-state index contributed by atoms with van der Waals surface area (Å²) in [6.45, 7) is 0. The van der Waals surface area contributed by atoms with E-state index in [1.807, 2.05) is 18.2 Å². The first-order valence-corrected chi connectivity index (χ1v) is 6.18. The second kappa shape index (κ2) is 6.85. The molecular weight excluding hydrogens is 268 g/mol. The number of hydrogen-bond acceptors (Lipinski definition) is 5. The van der Waals surface area contributed by atoms with Gasteiger partial charge in [0.25, 0.3) is 0 Å². The number of carbonyl (C=O) groups excluding carboxylic acids is 1. The zero-order chi connectivity index (χ0) is 15.1. The van der Waals surface area contributed by atoms with Crippen LogP contribution in [0.4, 0.5) is 5.69 Å². The van der Waals surface area contributed by atoms with Gasteiger partial charge in [0.15, 0.2) is 11.5 Å². The van der Waals surface area contributed by atoms with Gasteiger partial charge in [0, 0.05) is 5.56 Å². The van der Waals surface area contributed by atoms with Crippen LogP contribution >= 0.6 is 0 Å². The van der Waals surface area contributed by atoms with Crippen LogP contribution in [0.1, 0.15) is 10.4 Å². The zero-order valence-electron chi connectivity index (χ0n) is 11.1. The fourth-order valence-corrected chi connectivity index (χ4v) is 1.63. The summed E-state index contributed by atoms with van der Waals surface area (Å²) in [4.78, 5) is 12.3. The Balaban J connectivity index is 2.29. The lowest BCUT2D eigenvalue weighted by Crippen LogP contribution is -2.32. The number of nitrogens with zero attached hydrogens (tertiary/aromatic N) is 2. The molecule has 0 radical (unpaired) electrons. The summed E-state index contributed by atoms with van der Waals surface area (Å²) in [5, 5.41) is 15.6. The summed E-state index contributed by atoms with van der Waals surface area (Å²) in [7, 11) is 0. The number of rotatable bonds is 5. The fraction of sp³-hybridized carbons (Fsp3) is 0. The Bertz CT molecular complexity index is 667. The predicted molar refractivity (Wildman–Crippen MR) is 81.7 cm³/mol. The average molecular weight is 282 g/mol. The molecule has 0 aliphatic heterocycles. The van der Waals surface area contributed by atoms with Crippen molar-refractivity contribution in [3.05, 3.63) is 66.2 Å². The molecule has 2 rings (SSSR count). The van der Waals surface area contributed by atoms with Crippen LogP contribution in [0.3, 0.4) is 0 Å². The minimum Gasteiger partial charge on any atom is -0.409 e. The molecule has 6 heteroatoms. The van der Waals surface area contributed by atoms with E-state index in [9.17, 15) is 4.79 Å². The maximum atomic E-state index is 12.3. The number of carbonyl (C=O) groups is 1. The molecule has 2 aromatic carbocycles. The van der Waals surface area contributed by atoms with E-state index in [1.165, 1.54) is 0 Å². The molecule has 0 aliphatic carbocycles. The third-order valence-electron chi connectivity index (χ3n) is 2.67. The number of para-hydroxylation sites is 1. The molecule has 0 unspecified atom stereocenters. The number of anilines is 1. The van der Waals surface area contributed by atoms with Crippen molar-refractivity contribution in [1.82, 2.24) is 0 Å². The second-order valence-corrected chi connectivity index (χ2v) is 4.12. The summed E-state index contributed by atoms with van der Waals surface area (Å²) in [5.41, 5.74) is 9.16. The molecule has 21 heavy (non-hydrogen) atoms. The molecule has 0 saturated heterocycles. The lowest BCUT2D eigenvalue weighted by molar-refractivity contribution is 0.106. The van der Waals surface area contributed by atoms with E-state index < -0.39 is 5.78 Å². The summed E-state index contributed by atoms with van der Waals surface area (Å²) in [6.07, 6.45) is 0. The highest BCUT2D eigenvalue weighted by Gasteiger charge is 2.18. The van der Waals surface area contributed by atoms with Crippen molar-refractivity contribution >= 4 is 23.0 Å². The minimum atomic E-state index is -0.436. The first-order chi connectivity index (χ1) is 10.2. The van der Waals surface area contributed by atoms with Crippen molar-refractivity contribution < 1.29 is 10.0 Å². The number of amidine groups is 1. The molecule has 0 heterocycles. The van der Waals surface area contributed by atoms with E-state index in [2.05, 4.69) is 15.7 Å². The molecule has 0 bridgehead atoms. The van der Waals surface area contributed by atoms with Gasteiger partial charge in [-0.2, -0.15) is 5.10 Å². The SMILES string of the molecule is NC(=N/O)/C(=N\Nc1ccccc1)C(=O)c1ccccc1. The van der Waals surface area contributed by atoms with Gasteiger partial charge in [-0.3, -0.25) is 10.2 Å². The first kappa shape index (κ1) is 14.3. The Labute approximate surface area is 121 Å². The first-order valence-electron chi connectivity index (χ1n) is 6.18. The van der Waals surface area contributed by atoms with Crippen molar-refractivity contribution in [2.75, 3.05) is 5.43 Å². The lowest BCUT2D eigenvalue weighted by Gasteiger charge is -2.05. The van der Waals surface area contributed by atoms with Gasteiger partial charge in [0.2, 0.25) is 5.78 Å². The van der Waals surface area contributed by atoms with E-state index in [1.54, 1.807) is 42.5 Å². The Morgan fingerprint density at radius 2 is 1.57 bits per heavy atom. The molecule has 0 aromatic heterocycles. The van der Waals surface area contributed by atoms with E-state index >= 15 is 0 Å². The van der Waals surface area contributed by atoms with Crippen LogP contribution < -0.4 is 11.2 Å². The van der Waals surface area contributed by atoms with Crippen molar-refractivity contribution in [2.45, 2.75) is 0 Å². The van der Waals surface area contributed by atoms with E-state index in [0.29, 0.717) is 11.3 Å². The Hall–Kier alpha value is -3.15. The van der Waals surface area contributed by atoms with Crippen molar-refractivity contribution in [2.24, 2.45) is 16.0 Å². The average Bonchev–Trinajstić information content (AvgIpc) is 2.56. The number of nitrogens with two attached hydrogens (primary N) is 1. The van der Waals surface area contributed by atoms with E-state index in [4.69, 9.17) is 10.9 Å². The molecule has 6 nitrogen and oxygen atoms in total. The standard InChI is InChI=1S/C15H14N4O2/c16-15(19-21)13(14(20)11-7-3-1-4-8-11)18-17-12-9-5-2-6-10-12/h1-10,17,21H,(H2,16,19)/b18-13-.